The lowest BCUT2D eigenvalue weighted by Crippen LogP contribution is -2.34. The van der Waals surface area contributed by atoms with Crippen LogP contribution in [0.4, 0.5) is 10.1 Å². The van der Waals surface area contributed by atoms with Gasteiger partial charge in [-0.1, -0.05) is 18.2 Å². The van der Waals surface area contributed by atoms with Crippen molar-refractivity contribution in [1.82, 2.24) is 14.7 Å². The second kappa shape index (κ2) is 6.83. The molecule has 1 atom stereocenters. The van der Waals surface area contributed by atoms with Crippen molar-refractivity contribution in [1.29, 1.82) is 0 Å². The molecule has 1 saturated heterocycles. The lowest BCUT2D eigenvalue weighted by Gasteiger charge is -2.24. The Morgan fingerprint density at radius 2 is 2.16 bits per heavy atom. The first kappa shape index (κ1) is 17.4. The fraction of sp³-hybridized carbons (Fsp3) is 0.375. The van der Waals surface area contributed by atoms with Crippen LogP contribution in [0.15, 0.2) is 24.3 Å². The zero-order valence-corrected chi connectivity index (χ0v) is 14.6. The first-order valence-corrected chi connectivity index (χ1v) is 8.79. The van der Waals surface area contributed by atoms with Gasteiger partial charge >= 0.3 is 5.69 Å². The predicted molar refractivity (Wildman–Crippen MR) is 91.7 cm³/mol. The van der Waals surface area contributed by atoms with Gasteiger partial charge in [0, 0.05) is 17.9 Å². The van der Waals surface area contributed by atoms with Crippen molar-refractivity contribution >= 4 is 23.4 Å². The maximum Gasteiger partial charge on any atom is 0.312 e. The average molecular weight is 364 g/mol. The largest absolute Gasteiger partial charge is 0.324 e. The smallest absolute Gasteiger partial charge is 0.312 e. The molecular formula is C16H17FN4O3S. The minimum absolute atomic E-state index is 0.0748. The maximum absolute atomic E-state index is 14.1. The van der Waals surface area contributed by atoms with Crippen LogP contribution in [0.1, 0.15) is 22.3 Å². The molecule has 0 radical (unpaired) electrons. The Morgan fingerprint density at radius 3 is 2.80 bits per heavy atom. The molecule has 0 spiro atoms. The molecule has 1 aromatic heterocycles. The molecule has 3 rings (SSSR count). The van der Waals surface area contributed by atoms with Crippen molar-refractivity contribution < 1.29 is 14.1 Å². The van der Waals surface area contributed by atoms with Crippen LogP contribution < -0.4 is 0 Å². The summed E-state index contributed by atoms with van der Waals surface area (Å²) in [6, 6.07) is 6.40. The van der Waals surface area contributed by atoms with E-state index in [2.05, 4.69) is 5.10 Å². The summed E-state index contributed by atoms with van der Waals surface area (Å²) in [5.74, 6) is 0.127. The fourth-order valence-corrected chi connectivity index (χ4v) is 4.28. The van der Waals surface area contributed by atoms with Gasteiger partial charge in [-0.25, -0.2) is 4.39 Å². The Balaban J connectivity index is 1.83. The average Bonchev–Trinajstić information content (AvgIpc) is 3.13. The summed E-state index contributed by atoms with van der Waals surface area (Å²) in [4.78, 5) is 24.9. The van der Waals surface area contributed by atoms with Gasteiger partial charge in [0.1, 0.15) is 29.1 Å². The van der Waals surface area contributed by atoms with E-state index in [9.17, 15) is 19.3 Å². The van der Waals surface area contributed by atoms with Gasteiger partial charge in [-0.3, -0.25) is 19.6 Å². The highest BCUT2D eigenvalue weighted by molar-refractivity contribution is 7.99. The Morgan fingerprint density at radius 1 is 1.44 bits per heavy atom. The van der Waals surface area contributed by atoms with Gasteiger partial charge in [-0.15, -0.1) is 11.8 Å². The third-order valence-electron chi connectivity index (χ3n) is 4.19. The van der Waals surface area contributed by atoms with E-state index in [1.807, 2.05) is 0 Å². The second-order valence-electron chi connectivity index (χ2n) is 5.77. The van der Waals surface area contributed by atoms with Crippen LogP contribution in [-0.2, 0) is 11.3 Å². The molecule has 9 heteroatoms. The molecule has 1 aliphatic heterocycles. The fourth-order valence-electron chi connectivity index (χ4n) is 2.98. The van der Waals surface area contributed by atoms with Gasteiger partial charge in [0.15, 0.2) is 0 Å². The summed E-state index contributed by atoms with van der Waals surface area (Å²) in [6.45, 7) is 3.51. The summed E-state index contributed by atoms with van der Waals surface area (Å²) in [5, 5.41) is 14.8. The molecule has 2 aromatic rings. The molecule has 0 saturated carbocycles. The van der Waals surface area contributed by atoms with E-state index in [4.69, 9.17) is 0 Å². The number of carbonyl (C=O) groups is 1. The van der Waals surface area contributed by atoms with Crippen molar-refractivity contribution in [2.24, 2.45) is 0 Å². The molecule has 25 heavy (non-hydrogen) atoms. The van der Waals surface area contributed by atoms with E-state index in [-0.39, 0.29) is 35.0 Å². The van der Waals surface area contributed by atoms with Crippen LogP contribution in [0.5, 0.6) is 0 Å². The van der Waals surface area contributed by atoms with E-state index < -0.39 is 4.92 Å². The van der Waals surface area contributed by atoms with Crippen molar-refractivity contribution in [3.63, 3.8) is 0 Å². The second-order valence-corrected chi connectivity index (χ2v) is 6.95. The van der Waals surface area contributed by atoms with Crippen LogP contribution in [0.2, 0.25) is 0 Å². The van der Waals surface area contributed by atoms with Crippen molar-refractivity contribution in [2.75, 3.05) is 12.3 Å². The van der Waals surface area contributed by atoms with Crippen molar-refractivity contribution in [3.8, 4) is 0 Å². The number of thioether (sulfide) groups is 1. The molecule has 0 bridgehead atoms. The number of aromatic nitrogens is 2. The van der Waals surface area contributed by atoms with Gasteiger partial charge in [-0.2, -0.15) is 5.10 Å². The van der Waals surface area contributed by atoms with Crippen LogP contribution >= 0.6 is 11.8 Å². The standard InChI is InChI=1S/C16H17FN4O3S/c1-10-15(21(23)24)11(2)20(18-10)9-14(22)19-7-8-25-16(19)12-5-3-4-6-13(12)17/h3-6,16H,7-9H2,1-2H3/t16-/m0/s1. The Bertz CT molecular complexity index is 839. The number of halogens is 1. The zero-order chi connectivity index (χ0) is 18.1. The van der Waals surface area contributed by atoms with Crippen LogP contribution in [0, 0.1) is 29.8 Å². The number of aryl methyl sites for hydroxylation is 1. The summed E-state index contributed by atoms with van der Waals surface area (Å²) in [7, 11) is 0. The lowest BCUT2D eigenvalue weighted by molar-refractivity contribution is -0.386. The molecule has 0 N–H and O–H groups in total. The van der Waals surface area contributed by atoms with Gasteiger partial charge in [0.2, 0.25) is 5.91 Å². The van der Waals surface area contributed by atoms with Gasteiger partial charge in [0.25, 0.3) is 0 Å². The summed E-state index contributed by atoms with van der Waals surface area (Å²) in [6.07, 6.45) is 0. The number of nitrogens with zero attached hydrogens (tertiary/aromatic N) is 4. The first-order chi connectivity index (χ1) is 11.9. The Hall–Kier alpha value is -2.42. The van der Waals surface area contributed by atoms with E-state index in [0.29, 0.717) is 23.6 Å². The van der Waals surface area contributed by atoms with Gasteiger partial charge in [-0.05, 0) is 19.9 Å². The van der Waals surface area contributed by atoms with Crippen LogP contribution in [0.25, 0.3) is 0 Å². The lowest BCUT2D eigenvalue weighted by atomic mass is 10.2. The third-order valence-corrected chi connectivity index (χ3v) is 5.44. The molecule has 1 aliphatic rings. The first-order valence-electron chi connectivity index (χ1n) is 7.74. The minimum atomic E-state index is -0.494. The summed E-state index contributed by atoms with van der Waals surface area (Å²) in [5.41, 5.74) is 1.01. The molecule has 1 fully saturated rings. The molecule has 2 heterocycles. The van der Waals surface area contributed by atoms with E-state index in [0.717, 1.165) is 0 Å². The Labute approximate surface area is 148 Å². The molecule has 1 aromatic carbocycles. The highest BCUT2D eigenvalue weighted by atomic mass is 32.2. The highest BCUT2D eigenvalue weighted by Crippen LogP contribution is 2.39. The molecular weight excluding hydrogens is 347 g/mol. The number of hydrogen-bond donors (Lipinski definition) is 0. The minimum Gasteiger partial charge on any atom is -0.324 e. The number of carbonyl (C=O) groups excluding carboxylic acids is 1. The van der Waals surface area contributed by atoms with E-state index >= 15 is 0 Å². The van der Waals surface area contributed by atoms with Gasteiger partial charge in [0.05, 0.1) is 4.92 Å². The van der Waals surface area contributed by atoms with Crippen LogP contribution in [0.3, 0.4) is 0 Å². The van der Waals surface area contributed by atoms with Crippen molar-refractivity contribution in [2.45, 2.75) is 25.8 Å². The number of hydrogen-bond acceptors (Lipinski definition) is 5. The monoisotopic (exact) mass is 364 g/mol. The third kappa shape index (κ3) is 3.23. The highest BCUT2D eigenvalue weighted by Gasteiger charge is 2.33. The topological polar surface area (TPSA) is 81.3 Å². The zero-order valence-electron chi connectivity index (χ0n) is 13.8. The van der Waals surface area contributed by atoms with Crippen LogP contribution in [-0.4, -0.2) is 37.8 Å². The van der Waals surface area contributed by atoms with E-state index in [1.165, 1.54) is 22.5 Å². The molecule has 7 nitrogen and oxygen atoms in total. The molecule has 132 valence electrons. The predicted octanol–water partition coefficient (Wildman–Crippen LogP) is 2.82. The van der Waals surface area contributed by atoms with Gasteiger partial charge < -0.3 is 4.90 Å². The molecule has 0 aliphatic carbocycles. The molecule has 0 unspecified atom stereocenters. The molecule has 1 amide bonds. The SMILES string of the molecule is Cc1nn(CC(=O)N2CCS[C@H]2c2ccccc2F)c(C)c1[N+](=O)[O-]. The number of nitro groups is 1. The number of rotatable bonds is 4. The van der Waals surface area contributed by atoms with Crippen molar-refractivity contribution in [3.05, 3.63) is 57.1 Å². The Kier molecular flexibility index (Phi) is 4.76. The summed E-state index contributed by atoms with van der Waals surface area (Å²) < 4.78 is 15.4. The van der Waals surface area contributed by atoms with E-state index in [1.54, 1.807) is 36.9 Å². The normalized spacial score (nSPS) is 17.1. The number of benzene rings is 1. The quantitative estimate of drug-likeness (QED) is 0.615. The summed E-state index contributed by atoms with van der Waals surface area (Å²) >= 11 is 1.50. The number of amides is 1. The maximum atomic E-state index is 14.1.